The predicted octanol–water partition coefficient (Wildman–Crippen LogP) is 5.65. The molecule has 2 aromatic rings. The summed E-state index contributed by atoms with van der Waals surface area (Å²) in [6.07, 6.45) is -5.85. The second-order valence-corrected chi connectivity index (χ2v) is 6.77. The van der Waals surface area contributed by atoms with Crippen LogP contribution in [-0.4, -0.2) is 29.3 Å². The van der Waals surface area contributed by atoms with Crippen molar-refractivity contribution in [1.82, 2.24) is 5.43 Å². The maximum Gasteiger partial charge on any atom is 0.462 e. The van der Waals surface area contributed by atoms with Crippen LogP contribution < -0.4 is 10.2 Å². The van der Waals surface area contributed by atoms with E-state index in [1.165, 1.54) is 42.5 Å². The molecule has 168 valence electrons. The molecule has 0 saturated carbocycles. The van der Waals surface area contributed by atoms with Crippen LogP contribution >= 0.6 is 15.9 Å². The Balaban J connectivity index is 2.01. The number of ether oxygens (including phenoxy) is 1. The molecule has 0 aliphatic heterocycles. The number of nitro benzene ring substituents is 1. The van der Waals surface area contributed by atoms with Crippen LogP contribution in [0.3, 0.4) is 0 Å². The first-order chi connectivity index (χ1) is 14.2. The Kier molecular flexibility index (Phi) is 7.14. The van der Waals surface area contributed by atoms with Gasteiger partial charge >= 0.3 is 18.1 Å². The van der Waals surface area contributed by atoms with E-state index in [1.807, 2.05) is 0 Å². The van der Waals surface area contributed by atoms with Gasteiger partial charge in [-0.1, -0.05) is 0 Å². The lowest BCUT2D eigenvalue weighted by Crippen LogP contribution is -2.58. The number of non-ortho nitro benzene ring substituents is 1. The quantitative estimate of drug-likeness (QED) is 0.161. The second-order valence-electron chi connectivity index (χ2n) is 5.92. The van der Waals surface area contributed by atoms with Gasteiger partial charge in [-0.3, -0.25) is 10.1 Å². The van der Waals surface area contributed by atoms with Gasteiger partial charge in [0.2, 0.25) is 0 Å². The highest BCUT2D eigenvalue weighted by molar-refractivity contribution is 9.10. The molecule has 0 bridgehead atoms. The Hall–Kier alpha value is -2.90. The number of hydrogen-bond donors (Lipinski definition) is 1. The molecule has 31 heavy (non-hydrogen) atoms. The SMILES string of the molecule is O=[N+]([O-])c1ccc(COc2ccc(/C=N/NC(F)(F)C(F)(F)C(F)(F)F)cc2Br)cc1. The molecule has 0 radical (unpaired) electrons. The van der Waals surface area contributed by atoms with Crippen molar-refractivity contribution < 1.29 is 40.4 Å². The van der Waals surface area contributed by atoms with Gasteiger partial charge in [-0.25, -0.2) is 5.43 Å². The molecular weight excluding hydrogens is 507 g/mol. The van der Waals surface area contributed by atoms with Gasteiger partial charge in [-0.2, -0.15) is 35.8 Å². The van der Waals surface area contributed by atoms with E-state index in [2.05, 4.69) is 21.0 Å². The third-order valence-electron chi connectivity index (χ3n) is 3.67. The fraction of sp³-hybridized carbons (Fsp3) is 0.235. The average molecular weight is 518 g/mol. The summed E-state index contributed by atoms with van der Waals surface area (Å²) in [6.45, 7) is 0.0321. The summed E-state index contributed by atoms with van der Waals surface area (Å²) in [5.74, 6) is -6.05. The number of nitrogens with one attached hydrogen (secondary N) is 1. The third kappa shape index (κ3) is 5.83. The lowest BCUT2D eigenvalue weighted by molar-refractivity contribution is -0.384. The molecule has 0 heterocycles. The van der Waals surface area contributed by atoms with Crippen molar-refractivity contribution in [2.45, 2.75) is 24.8 Å². The highest BCUT2D eigenvalue weighted by Gasteiger charge is 2.73. The summed E-state index contributed by atoms with van der Waals surface area (Å²) in [5, 5.41) is 13.4. The fourth-order valence-electron chi connectivity index (χ4n) is 2.03. The first-order valence-corrected chi connectivity index (χ1v) is 8.82. The molecule has 0 aliphatic rings. The van der Waals surface area contributed by atoms with E-state index in [0.717, 1.165) is 0 Å². The van der Waals surface area contributed by atoms with E-state index >= 15 is 0 Å². The minimum absolute atomic E-state index is 0.0321. The smallest absolute Gasteiger partial charge is 0.462 e. The second kappa shape index (κ2) is 9.08. The van der Waals surface area contributed by atoms with Gasteiger partial charge < -0.3 is 4.74 Å². The van der Waals surface area contributed by atoms with Crippen molar-refractivity contribution >= 4 is 27.8 Å². The first-order valence-electron chi connectivity index (χ1n) is 8.03. The lowest BCUT2D eigenvalue weighted by Gasteiger charge is -2.27. The minimum Gasteiger partial charge on any atom is -0.488 e. The van der Waals surface area contributed by atoms with Gasteiger partial charge in [0.15, 0.2) is 0 Å². The molecule has 6 nitrogen and oxygen atoms in total. The van der Waals surface area contributed by atoms with E-state index in [0.29, 0.717) is 21.7 Å². The number of nitro groups is 1. The van der Waals surface area contributed by atoms with Gasteiger partial charge in [-0.05, 0) is 57.4 Å². The Morgan fingerprint density at radius 2 is 1.68 bits per heavy atom. The zero-order valence-electron chi connectivity index (χ0n) is 15.0. The molecule has 1 N–H and O–H groups in total. The van der Waals surface area contributed by atoms with Crippen molar-refractivity contribution in [3.05, 3.63) is 68.2 Å². The van der Waals surface area contributed by atoms with Crippen LogP contribution in [0.2, 0.25) is 0 Å². The molecule has 0 atom stereocenters. The predicted molar refractivity (Wildman–Crippen MR) is 98.2 cm³/mol. The normalized spacial score (nSPS) is 12.8. The Morgan fingerprint density at radius 1 is 1.06 bits per heavy atom. The average Bonchev–Trinajstić information content (AvgIpc) is 2.66. The van der Waals surface area contributed by atoms with Gasteiger partial charge in [0, 0.05) is 12.1 Å². The topological polar surface area (TPSA) is 76.8 Å². The highest BCUT2D eigenvalue weighted by Crippen LogP contribution is 2.45. The van der Waals surface area contributed by atoms with Gasteiger partial charge in [0.05, 0.1) is 15.6 Å². The summed E-state index contributed by atoms with van der Waals surface area (Å²) in [5.41, 5.74) is 1.11. The Labute approximate surface area is 178 Å². The van der Waals surface area contributed by atoms with Crippen LogP contribution in [0.5, 0.6) is 5.75 Å². The van der Waals surface area contributed by atoms with Crippen LogP contribution in [-0.2, 0) is 6.61 Å². The largest absolute Gasteiger partial charge is 0.488 e. The molecule has 0 unspecified atom stereocenters. The lowest BCUT2D eigenvalue weighted by atomic mass is 10.2. The van der Waals surface area contributed by atoms with E-state index < -0.39 is 23.1 Å². The molecule has 0 spiro atoms. The number of benzene rings is 2. The minimum atomic E-state index is -6.47. The number of hydrogen-bond acceptors (Lipinski definition) is 5. The van der Waals surface area contributed by atoms with E-state index in [4.69, 9.17) is 4.74 Å². The molecule has 2 rings (SSSR count). The van der Waals surface area contributed by atoms with Crippen LogP contribution in [0.1, 0.15) is 11.1 Å². The Bertz CT molecular complexity index is 966. The molecule has 0 aliphatic carbocycles. The first kappa shape index (κ1) is 24.4. The number of hydrazone groups is 1. The van der Waals surface area contributed by atoms with Crippen molar-refractivity contribution in [3.63, 3.8) is 0 Å². The summed E-state index contributed by atoms with van der Waals surface area (Å²) in [4.78, 5) is 10.1. The third-order valence-corrected chi connectivity index (χ3v) is 4.29. The summed E-state index contributed by atoms with van der Waals surface area (Å²) < 4.78 is 93.7. The van der Waals surface area contributed by atoms with Crippen molar-refractivity contribution in [3.8, 4) is 5.75 Å². The summed E-state index contributed by atoms with van der Waals surface area (Å²) >= 11 is 3.13. The molecule has 14 heteroatoms. The zero-order chi connectivity index (χ0) is 23.4. The van der Waals surface area contributed by atoms with E-state index in [-0.39, 0.29) is 23.6 Å². The number of nitrogens with zero attached hydrogens (tertiary/aromatic N) is 2. The van der Waals surface area contributed by atoms with Crippen molar-refractivity contribution in [1.29, 1.82) is 0 Å². The number of alkyl halides is 7. The van der Waals surface area contributed by atoms with Crippen molar-refractivity contribution in [2.75, 3.05) is 0 Å². The molecule has 2 aromatic carbocycles. The number of rotatable bonds is 8. The maximum absolute atomic E-state index is 13.1. The van der Waals surface area contributed by atoms with Crippen LogP contribution in [0.15, 0.2) is 52.0 Å². The summed E-state index contributed by atoms with van der Waals surface area (Å²) in [7, 11) is 0. The highest BCUT2D eigenvalue weighted by atomic mass is 79.9. The van der Waals surface area contributed by atoms with Gasteiger partial charge in [0.25, 0.3) is 5.69 Å². The molecule has 0 saturated heterocycles. The standard InChI is InChI=1S/C17H11BrF7N3O3/c18-13-7-11(8-26-27-17(24,25)15(19,20)16(21,22)23)3-6-14(13)31-9-10-1-4-12(5-2-10)28(29)30/h1-8,27H,9H2/b26-8+. The maximum atomic E-state index is 13.1. The zero-order valence-corrected chi connectivity index (χ0v) is 16.6. The van der Waals surface area contributed by atoms with Crippen LogP contribution in [0.4, 0.5) is 36.4 Å². The summed E-state index contributed by atoms with van der Waals surface area (Å²) in [6, 6.07) is 3.81. The Morgan fingerprint density at radius 3 is 2.19 bits per heavy atom. The van der Waals surface area contributed by atoms with Gasteiger partial charge in [0.1, 0.15) is 12.4 Å². The molecule has 0 amide bonds. The van der Waals surface area contributed by atoms with Gasteiger partial charge in [-0.15, -0.1) is 0 Å². The van der Waals surface area contributed by atoms with Crippen LogP contribution in [0.25, 0.3) is 0 Å². The fourth-order valence-corrected chi connectivity index (χ4v) is 2.54. The monoisotopic (exact) mass is 517 g/mol. The number of halogens is 8. The van der Waals surface area contributed by atoms with Crippen LogP contribution in [0, 0.1) is 10.1 Å². The van der Waals surface area contributed by atoms with E-state index in [9.17, 15) is 40.8 Å². The molecule has 0 fully saturated rings. The molecule has 0 aromatic heterocycles. The molecular formula is C17H11BrF7N3O3. The van der Waals surface area contributed by atoms with Crippen molar-refractivity contribution in [2.24, 2.45) is 5.10 Å². The van der Waals surface area contributed by atoms with E-state index in [1.54, 1.807) is 0 Å².